The Morgan fingerprint density at radius 3 is 2.43 bits per heavy atom. The van der Waals surface area contributed by atoms with E-state index in [0.29, 0.717) is 6.54 Å². The number of rotatable bonds is 5. The number of hydrogen-bond acceptors (Lipinski definition) is 2. The smallest absolute Gasteiger partial charge is 0.0470 e. The third kappa shape index (κ3) is 4.35. The number of piperidine rings is 1. The quantitative estimate of drug-likeness (QED) is 0.887. The number of nitrogens with zero attached hydrogens (tertiary/aromatic N) is 1. The van der Waals surface area contributed by atoms with Crippen LogP contribution in [-0.2, 0) is 6.42 Å². The summed E-state index contributed by atoms with van der Waals surface area (Å²) in [5.41, 5.74) is 8.75. The molecular weight excluding hydrogens is 304 g/mol. The van der Waals surface area contributed by atoms with Gasteiger partial charge in [0.25, 0.3) is 0 Å². The van der Waals surface area contributed by atoms with Crippen LogP contribution in [0.2, 0.25) is 5.02 Å². The van der Waals surface area contributed by atoms with E-state index in [1.807, 2.05) is 12.1 Å². The van der Waals surface area contributed by atoms with Gasteiger partial charge in [-0.3, -0.25) is 4.90 Å². The first-order chi connectivity index (χ1) is 11.3. The zero-order chi connectivity index (χ0) is 16.1. The van der Waals surface area contributed by atoms with Crippen molar-refractivity contribution in [3.63, 3.8) is 0 Å². The van der Waals surface area contributed by atoms with Gasteiger partial charge < -0.3 is 5.73 Å². The monoisotopic (exact) mass is 328 g/mol. The summed E-state index contributed by atoms with van der Waals surface area (Å²) in [7, 11) is 0. The highest BCUT2D eigenvalue weighted by Crippen LogP contribution is 2.29. The standard InChI is InChI=1S/C20H25ClN2/c21-19-8-4-7-18(14-19)20(15-22)23-11-9-17(10-12-23)13-16-5-2-1-3-6-16/h1-8,14,17,20H,9-13,15,22H2. The van der Waals surface area contributed by atoms with Gasteiger partial charge in [0.1, 0.15) is 0 Å². The molecule has 122 valence electrons. The lowest BCUT2D eigenvalue weighted by Gasteiger charge is -2.37. The molecule has 2 nitrogen and oxygen atoms in total. The molecule has 1 atom stereocenters. The maximum absolute atomic E-state index is 6.14. The molecule has 2 N–H and O–H groups in total. The first-order valence-electron chi connectivity index (χ1n) is 8.50. The molecule has 0 aliphatic carbocycles. The van der Waals surface area contributed by atoms with Gasteiger partial charge in [-0.05, 0) is 61.5 Å². The predicted octanol–water partition coefficient (Wildman–Crippen LogP) is 4.29. The fourth-order valence-corrected chi connectivity index (χ4v) is 3.82. The molecule has 0 radical (unpaired) electrons. The van der Waals surface area contributed by atoms with Gasteiger partial charge in [0.05, 0.1) is 0 Å². The third-order valence-corrected chi connectivity index (χ3v) is 5.15. The molecule has 3 rings (SSSR count). The molecule has 1 heterocycles. The molecule has 0 bridgehead atoms. The van der Waals surface area contributed by atoms with Gasteiger partial charge in [-0.1, -0.05) is 54.1 Å². The minimum Gasteiger partial charge on any atom is -0.329 e. The summed E-state index contributed by atoms with van der Waals surface area (Å²) in [6, 6.07) is 19.2. The zero-order valence-electron chi connectivity index (χ0n) is 13.5. The lowest BCUT2D eigenvalue weighted by molar-refractivity contribution is 0.135. The molecule has 0 saturated carbocycles. The highest BCUT2D eigenvalue weighted by atomic mass is 35.5. The first-order valence-corrected chi connectivity index (χ1v) is 8.87. The Hall–Kier alpha value is -1.35. The second kappa shape index (κ2) is 7.96. The van der Waals surface area contributed by atoms with E-state index in [-0.39, 0.29) is 6.04 Å². The molecule has 2 aromatic rings. The van der Waals surface area contributed by atoms with Crippen molar-refractivity contribution in [2.24, 2.45) is 11.7 Å². The Balaban J connectivity index is 1.59. The molecule has 3 heteroatoms. The highest BCUT2D eigenvalue weighted by Gasteiger charge is 2.25. The summed E-state index contributed by atoms with van der Waals surface area (Å²) in [5.74, 6) is 0.784. The van der Waals surface area contributed by atoms with Crippen LogP contribution in [0.3, 0.4) is 0 Å². The van der Waals surface area contributed by atoms with Crippen molar-refractivity contribution in [2.45, 2.75) is 25.3 Å². The van der Waals surface area contributed by atoms with Crippen LogP contribution in [0.25, 0.3) is 0 Å². The van der Waals surface area contributed by atoms with Crippen molar-refractivity contribution >= 4 is 11.6 Å². The minimum absolute atomic E-state index is 0.284. The average Bonchev–Trinajstić information content (AvgIpc) is 2.58. The Morgan fingerprint density at radius 2 is 1.78 bits per heavy atom. The predicted molar refractivity (Wildman–Crippen MR) is 97.7 cm³/mol. The fourth-order valence-electron chi connectivity index (χ4n) is 3.63. The second-order valence-electron chi connectivity index (χ2n) is 6.48. The summed E-state index contributed by atoms with van der Waals surface area (Å²) in [4.78, 5) is 2.52. The summed E-state index contributed by atoms with van der Waals surface area (Å²) < 4.78 is 0. The largest absolute Gasteiger partial charge is 0.329 e. The first kappa shape index (κ1) is 16.5. The van der Waals surface area contributed by atoms with Crippen LogP contribution < -0.4 is 5.73 Å². The molecule has 23 heavy (non-hydrogen) atoms. The van der Waals surface area contributed by atoms with Crippen molar-refractivity contribution in [2.75, 3.05) is 19.6 Å². The summed E-state index contributed by atoms with van der Waals surface area (Å²) >= 11 is 6.14. The topological polar surface area (TPSA) is 29.3 Å². The molecule has 1 fully saturated rings. The van der Waals surface area contributed by atoms with Crippen LogP contribution in [0.1, 0.15) is 30.0 Å². The van der Waals surface area contributed by atoms with E-state index in [1.165, 1.54) is 30.4 Å². The molecule has 1 aliphatic heterocycles. The maximum atomic E-state index is 6.14. The summed E-state index contributed by atoms with van der Waals surface area (Å²) in [6.45, 7) is 2.88. The summed E-state index contributed by atoms with van der Waals surface area (Å²) in [5, 5.41) is 0.792. The van der Waals surface area contributed by atoms with E-state index in [4.69, 9.17) is 17.3 Å². The molecular formula is C20H25ClN2. The Kier molecular flexibility index (Phi) is 5.71. The van der Waals surface area contributed by atoms with Crippen LogP contribution in [0.15, 0.2) is 54.6 Å². The van der Waals surface area contributed by atoms with Gasteiger partial charge >= 0.3 is 0 Å². The summed E-state index contributed by atoms with van der Waals surface area (Å²) in [6.07, 6.45) is 3.68. The van der Waals surface area contributed by atoms with Crippen molar-refractivity contribution < 1.29 is 0 Å². The van der Waals surface area contributed by atoms with Gasteiger partial charge in [-0.15, -0.1) is 0 Å². The lowest BCUT2D eigenvalue weighted by atomic mass is 9.89. The minimum atomic E-state index is 0.284. The van der Waals surface area contributed by atoms with Crippen LogP contribution in [0.5, 0.6) is 0 Å². The van der Waals surface area contributed by atoms with Crippen molar-refractivity contribution in [1.29, 1.82) is 0 Å². The molecule has 1 unspecified atom stereocenters. The number of halogens is 1. The van der Waals surface area contributed by atoms with Gasteiger partial charge in [-0.25, -0.2) is 0 Å². The number of hydrogen-bond donors (Lipinski definition) is 1. The fraction of sp³-hybridized carbons (Fsp3) is 0.400. The number of likely N-dealkylation sites (tertiary alicyclic amines) is 1. The Labute approximate surface area is 144 Å². The third-order valence-electron chi connectivity index (χ3n) is 4.91. The van der Waals surface area contributed by atoms with E-state index in [1.54, 1.807) is 0 Å². The van der Waals surface area contributed by atoms with Gasteiger partial charge in [0.2, 0.25) is 0 Å². The molecule has 0 spiro atoms. The van der Waals surface area contributed by atoms with Crippen molar-refractivity contribution in [1.82, 2.24) is 4.90 Å². The van der Waals surface area contributed by atoms with Crippen LogP contribution in [0, 0.1) is 5.92 Å². The van der Waals surface area contributed by atoms with E-state index in [9.17, 15) is 0 Å². The van der Waals surface area contributed by atoms with Gasteiger partial charge in [0.15, 0.2) is 0 Å². The molecule has 0 amide bonds. The molecule has 0 aromatic heterocycles. The van der Waals surface area contributed by atoms with Gasteiger partial charge in [0, 0.05) is 17.6 Å². The molecule has 2 aromatic carbocycles. The SMILES string of the molecule is NCC(c1cccc(Cl)c1)N1CCC(Cc2ccccc2)CC1. The van der Waals surface area contributed by atoms with Crippen LogP contribution in [-0.4, -0.2) is 24.5 Å². The normalized spacial score (nSPS) is 18.0. The average molecular weight is 329 g/mol. The number of nitrogens with two attached hydrogens (primary N) is 1. The Morgan fingerprint density at radius 1 is 1.04 bits per heavy atom. The number of benzene rings is 2. The lowest BCUT2D eigenvalue weighted by Crippen LogP contribution is -2.40. The zero-order valence-corrected chi connectivity index (χ0v) is 14.3. The van der Waals surface area contributed by atoms with E-state index in [2.05, 4.69) is 47.4 Å². The van der Waals surface area contributed by atoms with Crippen molar-refractivity contribution in [3.8, 4) is 0 Å². The molecule has 1 saturated heterocycles. The van der Waals surface area contributed by atoms with E-state index in [0.717, 1.165) is 24.0 Å². The van der Waals surface area contributed by atoms with Crippen LogP contribution >= 0.6 is 11.6 Å². The molecule has 1 aliphatic rings. The maximum Gasteiger partial charge on any atom is 0.0470 e. The van der Waals surface area contributed by atoms with Gasteiger partial charge in [-0.2, -0.15) is 0 Å². The van der Waals surface area contributed by atoms with E-state index >= 15 is 0 Å². The Bertz CT molecular complexity index is 606. The highest BCUT2D eigenvalue weighted by molar-refractivity contribution is 6.30. The van der Waals surface area contributed by atoms with E-state index < -0.39 is 0 Å². The van der Waals surface area contributed by atoms with Crippen LogP contribution in [0.4, 0.5) is 0 Å². The second-order valence-corrected chi connectivity index (χ2v) is 6.91. The van der Waals surface area contributed by atoms with Crippen molar-refractivity contribution in [3.05, 3.63) is 70.7 Å².